The molecule has 0 saturated heterocycles. The van der Waals surface area contributed by atoms with Crippen LogP contribution in [-0.4, -0.2) is 7.05 Å². The maximum absolute atomic E-state index is 4.36. The molecule has 2 rings (SSSR count). The van der Waals surface area contributed by atoms with E-state index in [4.69, 9.17) is 0 Å². The molecule has 0 aromatic carbocycles. The van der Waals surface area contributed by atoms with Crippen LogP contribution in [0.25, 0.3) is 5.57 Å². The number of rotatable bonds is 9. The number of allylic oxidation sites excluding steroid dienone is 4. The Morgan fingerprint density at radius 2 is 2.00 bits per heavy atom. The van der Waals surface area contributed by atoms with Crippen molar-refractivity contribution in [2.75, 3.05) is 12.4 Å². The number of hydrogen-bond acceptors (Lipinski definition) is 2. The molecular formula is C22H33NS. The number of anilines is 1. The molecule has 0 amide bonds. The van der Waals surface area contributed by atoms with E-state index in [0.29, 0.717) is 5.92 Å². The minimum atomic E-state index is 0.662. The Bertz CT molecular complexity index is 606. The maximum atomic E-state index is 4.36. The average Bonchev–Trinajstić information content (AvgIpc) is 2.95. The van der Waals surface area contributed by atoms with E-state index in [1.54, 1.807) is 10.4 Å². The monoisotopic (exact) mass is 343 g/mol. The highest BCUT2D eigenvalue weighted by atomic mass is 32.1. The first-order valence-electron chi connectivity index (χ1n) is 9.41. The molecule has 0 spiro atoms. The summed E-state index contributed by atoms with van der Waals surface area (Å²) in [6.07, 6.45) is 14.4. The Morgan fingerprint density at radius 3 is 2.67 bits per heavy atom. The zero-order valence-corrected chi connectivity index (χ0v) is 16.5. The zero-order valence-electron chi connectivity index (χ0n) is 15.7. The highest BCUT2D eigenvalue weighted by Crippen LogP contribution is 2.41. The van der Waals surface area contributed by atoms with Crippen LogP contribution in [0.2, 0.25) is 0 Å². The molecule has 2 heteroatoms. The summed E-state index contributed by atoms with van der Waals surface area (Å²) in [4.78, 5) is 1.57. The van der Waals surface area contributed by atoms with Gasteiger partial charge in [-0.2, -0.15) is 0 Å². The molecule has 0 aliphatic heterocycles. The maximum Gasteiger partial charge on any atom is 0.0965 e. The Kier molecular flexibility index (Phi) is 7.36. The second kappa shape index (κ2) is 9.27. The third-order valence-electron chi connectivity index (χ3n) is 5.05. The molecule has 1 aromatic heterocycles. The van der Waals surface area contributed by atoms with Gasteiger partial charge in [0.25, 0.3) is 0 Å². The Balaban J connectivity index is 2.02. The summed E-state index contributed by atoms with van der Waals surface area (Å²) in [6.45, 7) is 12.9. The van der Waals surface area contributed by atoms with Crippen LogP contribution in [0.4, 0.5) is 5.00 Å². The van der Waals surface area contributed by atoms with Gasteiger partial charge in [0.05, 0.1) is 5.00 Å². The summed E-state index contributed by atoms with van der Waals surface area (Å²) in [5, 5.41) is 4.68. The lowest BCUT2D eigenvalue weighted by molar-refractivity contribution is 0.516. The van der Waals surface area contributed by atoms with Crippen LogP contribution in [0.1, 0.15) is 68.4 Å². The topological polar surface area (TPSA) is 12.0 Å². The molecule has 1 aliphatic carbocycles. The highest BCUT2D eigenvalue weighted by molar-refractivity contribution is 7.16. The molecule has 1 heterocycles. The fourth-order valence-corrected chi connectivity index (χ4v) is 4.95. The second-order valence-corrected chi connectivity index (χ2v) is 8.11. The summed E-state index contributed by atoms with van der Waals surface area (Å²) in [5.74, 6) is 0.662. The summed E-state index contributed by atoms with van der Waals surface area (Å²) < 4.78 is 0. The van der Waals surface area contributed by atoms with Crippen LogP contribution in [-0.2, 0) is 12.8 Å². The van der Waals surface area contributed by atoms with Crippen molar-refractivity contribution in [3.8, 4) is 0 Å². The van der Waals surface area contributed by atoms with E-state index in [-0.39, 0.29) is 0 Å². The van der Waals surface area contributed by atoms with Crippen LogP contribution < -0.4 is 5.32 Å². The van der Waals surface area contributed by atoms with E-state index in [1.807, 2.05) is 18.4 Å². The lowest BCUT2D eigenvalue weighted by Crippen LogP contribution is -2.01. The van der Waals surface area contributed by atoms with Crippen molar-refractivity contribution in [2.24, 2.45) is 5.92 Å². The van der Waals surface area contributed by atoms with Gasteiger partial charge in [-0.25, -0.2) is 0 Å². The summed E-state index contributed by atoms with van der Waals surface area (Å²) in [7, 11) is 2.03. The van der Waals surface area contributed by atoms with E-state index in [1.165, 1.54) is 66.7 Å². The van der Waals surface area contributed by atoms with Crippen LogP contribution in [0.5, 0.6) is 0 Å². The number of aryl methyl sites for hydroxylation is 1. The van der Waals surface area contributed by atoms with Gasteiger partial charge >= 0.3 is 0 Å². The predicted octanol–water partition coefficient (Wildman–Crippen LogP) is 7.01. The van der Waals surface area contributed by atoms with E-state index in [0.717, 1.165) is 6.42 Å². The molecule has 1 aliphatic rings. The fraction of sp³-hybridized carbons (Fsp3) is 0.545. The Hall–Kier alpha value is -1.28. The first-order chi connectivity index (χ1) is 11.6. The third-order valence-corrected chi connectivity index (χ3v) is 6.36. The van der Waals surface area contributed by atoms with Crippen LogP contribution in [0, 0.1) is 5.92 Å². The standard InChI is InChI=1S/C22H33NS/c1-6-11-18(16(2)3)13-8-7-12-17(4)21-19-14-9-10-15-20(19)24-22(21)23-5/h7,12,18,23H,2,4,6,8-11,13-15H2,1,3,5H3/b12-7-. The molecule has 0 saturated carbocycles. The second-order valence-electron chi connectivity index (χ2n) is 7.00. The van der Waals surface area contributed by atoms with Gasteiger partial charge < -0.3 is 5.32 Å². The molecule has 0 bridgehead atoms. The van der Waals surface area contributed by atoms with Gasteiger partial charge in [-0.05, 0) is 68.9 Å². The van der Waals surface area contributed by atoms with Crippen molar-refractivity contribution in [3.05, 3.63) is 46.9 Å². The lowest BCUT2D eigenvalue weighted by Gasteiger charge is -2.15. The van der Waals surface area contributed by atoms with Gasteiger partial charge in [0.15, 0.2) is 0 Å². The summed E-state index contributed by atoms with van der Waals surface area (Å²) in [6, 6.07) is 0. The molecule has 1 aromatic rings. The van der Waals surface area contributed by atoms with Gasteiger partial charge in [-0.3, -0.25) is 0 Å². The third kappa shape index (κ3) is 4.63. The fourth-order valence-electron chi connectivity index (χ4n) is 3.67. The average molecular weight is 344 g/mol. The van der Waals surface area contributed by atoms with Crippen molar-refractivity contribution >= 4 is 21.9 Å². The summed E-state index contributed by atoms with van der Waals surface area (Å²) >= 11 is 1.93. The molecule has 1 N–H and O–H groups in total. The van der Waals surface area contributed by atoms with E-state index >= 15 is 0 Å². The quantitative estimate of drug-likeness (QED) is 0.375. The molecule has 0 fully saturated rings. The van der Waals surface area contributed by atoms with Crippen molar-refractivity contribution in [1.82, 2.24) is 0 Å². The van der Waals surface area contributed by atoms with Gasteiger partial charge in [-0.1, -0.05) is 44.2 Å². The number of hydrogen-bond donors (Lipinski definition) is 1. The van der Waals surface area contributed by atoms with Crippen molar-refractivity contribution in [1.29, 1.82) is 0 Å². The van der Waals surface area contributed by atoms with Gasteiger partial charge in [0.2, 0.25) is 0 Å². The van der Waals surface area contributed by atoms with Gasteiger partial charge in [-0.15, -0.1) is 11.3 Å². The first kappa shape index (κ1) is 19.1. The molecular weight excluding hydrogens is 310 g/mol. The largest absolute Gasteiger partial charge is 0.379 e. The first-order valence-corrected chi connectivity index (χ1v) is 10.2. The zero-order chi connectivity index (χ0) is 17.5. The molecule has 1 nitrogen and oxygen atoms in total. The Labute approximate surface area is 152 Å². The van der Waals surface area contributed by atoms with E-state index in [2.05, 4.69) is 44.5 Å². The smallest absolute Gasteiger partial charge is 0.0965 e. The molecule has 132 valence electrons. The van der Waals surface area contributed by atoms with Crippen LogP contribution in [0.15, 0.2) is 30.9 Å². The van der Waals surface area contributed by atoms with E-state index in [9.17, 15) is 0 Å². The normalized spacial score (nSPS) is 15.3. The molecule has 24 heavy (non-hydrogen) atoms. The minimum absolute atomic E-state index is 0.662. The van der Waals surface area contributed by atoms with Crippen LogP contribution >= 0.6 is 11.3 Å². The van der Waals surface area contributed by atoms with E-state index < -0.39 is 0 Å². The molecule has 1 unspecified atom stereocenters. The van der Waals surface area contributed by atoms with Crippen molar-refractivity contribution in [3.63, 3.8) is 0 Å². The number of fused-ring (bicyclic) bond motifs is 1. The number of thiophene rings is 1. The molecule has 1 atom stereocenters. The van der Waals surface area contributed by atoms with Crippen LogP contribution in [0.3, 0.4) is 0 Å². The summed E-state index contributed by atoms with van der Waals surface area (Å²) in [5.41, 5.74) is 5.42. The minimum Gasteiger partial charge on any atom is -0.379 e. The number of nitrogens with one attached hydrogen (secondary N) is 1. The molecule has 0 radical (unpaired) electrons. The predicted molar refractivity (Wildman–Crippen MR) is 111 cm³/mol. The lowest BCUT2D eigenvalue weighted by atomic mass is 9.91. The Morgan fingerprint density at radius 1 is 1.25 bits per heavy atom. The van der Waals surface area contributed by atoms with Crippen molar-refractivity contribution in [2.45, 2.75) is 65.2 Å². The SMILES string of the molecule is C=C(/C=C\CCC(CCC)C(=C)C)c1c(NC)sc2c1CCCC2. The highest BCUT2D eigenvalue weighted by Gasteiger charge is 2.20. The van der Waals surface area contributed by atoms with Crippen molar-refractivity contribution < 1.29 is 0 Å². The van der Waals surface area contributed by atoms with Gasteiger partial charge in [0, 0.05) is 17.5 Å². The van der Waals surface area contributed by atoms with Gasteiger partial charge in [0.1, 0.15) is 0 Å².